The molecule has 4 aromatic rings. The maximum absolute atomic E-state index is 13.1. The zero-order valence-corrected chi connectivity index (χ0v) is 18.5. The van der Waals surface area contributed by atoms with Gasteiger partial charge in [0.1, 0.15) is 17.1 Å². The molecular weight excluding hydrogens is 428 g/mol. The number of methoxy groups -OCH3 is 2. The van der Waals surface area contributed by atoms with Gasteiger partial charge in [-0.25, -0.2) is 0 Å². The number of aromatic nitrogens is 3. The minimum absolute atomic E-state index is 0.0653. The number of hydrogen-bond donors (Lipinski definition) is 4. The van der Waals surface area contributed by atoms with Crippen LogP contribution < -0.4 is 20.3 Å². The maximum atomic E-state index is 13.1. The average molecular weight is 452 g/mol. The summed E-state index contributed by atoms with van der Waals surface area (Å²) in [6.45, 7) is 0.788. The third kappa shape index (κ3) is 3.09. The van der Waals surface area contributed by atoms with Gasteiger partial charge in [0.15, 0.2) is 10.8 Å². The van der Waals surface area contributed by atoms with Crippen molar-refractivity contribution < 1.29 is 19.9 Å². The summed E-state index contributed by atoms with van der Waals surface area (Å²) in [6.07, 6.45) is 0.872. The topological polar surface area (TPSA) is 109 Å². The van der Waals surface area contributed by atoms with Crippen LogP contribution >= 0.6 is 12.2 Å². The highest BCUT2D eigenvalue weighted by atomic mass is 32.1. The summed E-state index contributed by atoms with van der Waals surface area (Å²) in [6, 6.07) is 12.8. The van der Waals surface area contributed by atoms with E-state index in [1.54, 1.807) is 25.3 Å². The van der Waals surface area contributed by atoms with Gasteiger partial charge in [-0.3, -0.25) is 14.3 Å². The molecule has 5 rings (SSSR count). The van der Waals surface area contributed by atoms with Crippen LogP contribution in [0.2, 0.25) is 0 Å². The van der Waals surface area contributed by atoms with E-state index in [0.29, 0.717) is 17.2 Å². The molecule has 164 valence electrons. The number of fused-ring (bicyclic) bond motifs is 3. The molecule has 5 N–H and O–H groups in total. The van der Waals surface area contributed by atoms with Crippen molar-refractivity contribution in [3.63, 3.8) is 0 Å². The summed E-state index contributed by atoms with van der Waals surface area (Å²) in [5.74, 6) is 0.823. The molecule has 0 spiro atoms. The zero-order chi connectivity index (χ0) is 22.4. The van der Waals surface area contributed by atoms with E-state index in [-0.39, 0.29) is 16.2 Å². The Balaban J connectivity index is 1.76. The monoisotopic (exact) mass is 451 g/mol. The SMILES string of the molecule is COc1ccc(OC)c(-n2c(O)c([C@H]3[NH2+]CCc4c3[nH]c3ccccc43)c(=O)[nH]c2=S)c1. The van der Waals surface area contributed by atoms with Crippen molar-refractivity contribution in [3.05, 3.63) is 74.4 Å². The van der Waals surface area contributed by atoms with Crippen LogP contribution in [0.15, 0.2) is 47.3 Å². The lowest BCUT2D eigenvalue weighted by Gasteiger charge is -2.23. The quantitative estimate of drug-likeness (QED) is 0.356. The molecule has 1 aliphatic heterocycles. The lowest BCUT2D eigenvalue weighted by molar-refractivity contribution is -0.690. The summed E-state index contributed by atoms with van der Waals surface area (Å²) in [4.78, 5) is 19.2. The molecule has 2 aromatic carbocycles. The van der Waals surface area contributed by atoms with Crippen LogP contribution in [0.1, 0.15) is 22.9 Å². The first-order valence-electron chi connectivity index (χ1n) is 10.3. The Hall–Kier alpha value is -3.56. The summed E-state index contributed by atoms with van der Waals surface area (Å²) >= 11 is 5.42. The molecule has 3 heterocycles. The summed E-state index contributed by atoms with van der Waals surface area (Å²) in [5, 5.41) is 14.6. The molecular formula is C23H23N4O4S+. The van der Waals surface area contributed by atoms with Crippen molar-refractivity contribution in [1.29, 1.82) is 0 Å². The fraction of sp³-hybridized carbons (Fsp3) is 0.217. The van der Waals surface area contributed by atoms with Crippen molar-refractivity contribution >= 4 is 23.1 Å². The van der Waals surface area contributed by atoms with Gasteiger partial charge < -0.3 is 24.9 Å². The number of ether oxygens (including phenoxy) is 2. The lowest BCUT2D eigenvalue weighted by Crippen LogP contribution is -2.87. The number of H-pyrrole nitrogens is 2. The van der Waals surface area contributed by atoms with Gasteiger partial charge in [0, 0.05) is 23.4 Å². The largest absolute Gasteiger partial charge is 0.497 e. The number of quaternary nitrogens is 1. The molecule has 0 aliphatic carbocycles. The fourth-order valence-electron chi connectivity index (χ4n) is 4.54. The molecule has 1 aliphatic rings. The second-order valence-corrected chi connectivity index (χ2v) is 8.07. The first kappa shape index (κ1) is 20.3. The minimum atomic E-state index is -0.418. The maximum Gasteiger partial charge on any atom is 0.265 e. The molecule has 0 saturated carbocycles. The van der Waals surface area contributed by atoms with Crippen LogP contribution in [0, 0.1) is 4.77 Å². The number of para-hydroxylation sites is 1. The highest BCUT2D eigenvalue weighted by Gasteiger charge is 2.34. The van der Waals surface area contributed by atoms with E-state index in [1.807, 2.05) is 18.2 Å². The molecule has 0 fully saturated rings. The highest BCUT2D eigenvalue weighted by Crippen LogP contribution is 2.35. The molecule has 8 nitrogen and oxygen atoms in total. The molecule has 0 bridgehead atoms. The van der Waals surface area contributed by atoms with E-state index in [2.05, 4.69) is 21.4 Å². The number of rotatable bonds is 4. The Morgan fingerprint density at radius 1 is 1.16 bits per heavy atom. The summed E-state index contributed by atoms with van der Waals surface area (Å²) in [7, 11) is 3.08. The summed E-state index contributed by atoms with van der Waals surface area (Å²) in [5.41, 5.74) is 3.38. The van der Waals surface area contributed by atoms with Crippen LogP contribution in [0.3, 0.4) is 0 Å². The smallest absolute Gasteiger partial charge is 0.265 e. The first-order chi connectivity index (χ1) is 15.5. The van der Waals surface area contributed by atoms with Crippen molar-refractivity contribution in [1.82, 2.24) is 14.5 Å². The van der Waals surface area contributed by atoms with Gasteiger partial charge in [0.05, 0.1) is 32.1 Å². The Kier molecular flexibility index (Phi) is 4.99. The Morgan fingerprint density at radius 2 is 1.97 bits per heavy atom. The molecule has 2 aromatic heterocycles. The third-order valence-corrected chi connectivity index (χ3v) is 6.30. The number of nitrogens with zero attached hydrogens (tertiary/aromatic N) is 1. The molecule has 1 atom stereocenters. The fourth-order valence-corrected chi connectivity index (χ4v) is 4.82. The van der Waals surface area contributed by atoms with E-state index in [1.165, 1.54) is 17.2 Å². The summed E-state index contributed by atoms with van der Waals surface area (Å²) < 4.78 is 12.3. The first-order valence-corrected chi connectivity index (χ1v) is 10.7. The number of nitrogens with one attached hydrogen (secondary N) is 2. The molecule has 9 heteroatoms. The van der Waals surface area contributed by atoms with Crippen LogP contribution in [0.4, 0.5) is 0 Å². The molecule has 0 unspecified atom stereocenters. The predicted molar refractivity (Wildman–Crippen MR) is 123 cm³/mol. The number of hydrogen-bond acceptors (Lipinski definition) is 5. The number of benzene rings is 2. The average Bonchev–Trinajstić information content (AvgIpc) is 3.18. The van der Waals surface area contributed by atoms with E-state index in [0.717, 1.165) is 29.6 Å². The molecule has 0 saturated heterocycles. The van der Waals surface area contributed by atoms with Gasteiger partial charge in [0.2, 0.25) is 5.88 Å². The molecule has 0 radical (unpaired) electrons. The second-order valence-electron chi connectivity index (χ2n) is 7.68. The predicted octanol–water partition coefficient (Wildman–Crippen LogP) is 2.31. The van der Waals surface area contributed by atoms with Gasteiger partial charge in [-0.05, 0) is 36.0 Å². The minimum Gasteiger partial charge on any atom is -0.497 e. The lowest BCUT2D eigenvalue weighted by atomic mass is 9.95. The highest BCUT2D eigenvalue weighted by molar-refractivity contribution is 7.71. The van der Waals surface area contributed by atoms with Gasteiger partial charge >= 0.3 is 0 Å². The van der Waals surface area contributed by atoms with Gasteiger partial charge in [-0.1, -0.05) is 18.2 Å². The Morgan fingerprint density at radius 3 is 2.75 bits per heavy atom. The normalized spacial score (nSPS) is 15.5. The Labute approximate surface area is 188 Å². The molecule has 0 amide bonds. The Bertz CT molecular complexity index is 1450. The van der Waals surface area contributed by atoms with E-state index >= 15 is 0 Å². The van der Waals surface area contributed by atoms with Crippen molar-refractivity contribution in [2.75, 3.05) is 20.8 Å². The van der Waals surface area contributed by atoms with Crippen LogP contribution in [-0.4, -0.2) is 40.4 Å². The van der Waals surface area contributed by atoms with Crippen LogP contribution in [0.5, 0.6) is 17.4 Å². The van der Waals surface area contributed by atoms with Crippen molar-refractivity contribution in [3.8, 4) is 23.1 Å². The van der Waals surface area contributed by atoms with E-state index in [9.17, 15) is 9.90 Å². The van der Waals surface area contributed by atoms with Crippen LogP contribution in [-0.2, 0) is 6.42 Å². The van der Waals surface area contributed by atoms with E-state index in [4.69, 9.17) is 21.7 Å². The zero-order valence-electron chi connectivity index (χ0n) is 17.6. The number of aromatic hydroxyl groups is 1. The number of nitrogens with two attached hydrogens (primary N) is 1. The molecule has 32 heavy (non-hydrogen) atoms. The second kappa shape index (κ2) is 7.85. The van der Waals surface area contributed by atoms with Gasteiger partial charge in [-0.2, -0.15) is 0 Å². The number of aromatic amines is 2. The van der Waals surface area contributed by atoms with Gasteiger partial charge in [-0.15, -0.1) is 0 Å². The third-order valence-electron chi connectivity index (χ3n) is 6.01. The standard InChI is InChI=1S/C23H22N4O4S/c1-30-12-7-8-17(31-2)16(11-12)27-22(29)18(21(28)26-23(27)32)20-19-14(9-10-24-20)13-5-3-4-6-15(13)25-19/h3-8,11,20,24-25,29H,9-10H2,1-2H3,(H,26,28,32)/p+1/t20-/m1/s1. The van der Waals surface area contributed by atoms with Crippen LogP contribution in [0.25, 0.3) is 16.6 Å². The van der Waals surface area contributed by atoms with Crippen molar-refractivity contribution in [2.24, 2.45) is 0 Å². The van der Waals surface area contributed by atoms with Gasteiger partial charge in [0.25, 0.3) is 5.56 Å². The van der Waals surface area contributed by atoms with E-state index < -0.39 is 11.6 Å². The van der Waals surface area contributed by atoms with Crippen molar-refractivity contribution in [2.45, 2.75) is 12.5 Å².